The van der Waals surface area contributed by atoms with Gasteiger partial charge in [-0.25, -0.2) is 9.38 Å². The number of rotatable bonds is 3. The summed E-state index contributed by atoms with van der Waals surface area (Å²) in [6.45, 7) is 3.71. The van der Waals surface area contributed by atoms with Gasteiger partial charge < -0.3 is 10.1 Å². The van der Waals surface area contributed by atoms with E-state index in [1.807, 2.05) is 6.92 Å². The molecule has 0 saturated carbocycles. The summed E-state index contributed by atoms with van der Waals surface area (Å²) in [5.41, 5.74) is 1.30. The molecule has 0 aromatic heterocycles. The Balaban J connectivity index is 2.15. The SMILES string of the molecule is CC1=NC(C)(c2cc(NC=O)ccc2F)C2=C(CCCC2)O1. The Morgan fingerprint density at radius 3 is 2.91 bits per heavy atom. The van der Waals surface area contributed by atoms with Gasteiger partial charge in [0.2, 0.25) is 6.41 Å². The molecular weight excluding hydrogens is 283 g/mol. The zero-order valence-electron chi connectivity index (χ0n) is 12.8. The molecular formula is C17H19FN2O2. The molecule has 0 radical (unpaired) electrons. The van der Waals surface area contributed by atoms with E-state index >= 15 is 0 Å². The van der Waals surface area contributed by atoms with Gasteiger partial charge in [0.05, 0.1) is 0 Å². The number of ether oxygens (including phenoxy) is 1. The molecule has 116 valence electrons. The van der Waals surface area contributed by atoms with Crippen LogP contribution in [-0.4, -0.2) is 12.3 Å². The molecule has 3 rings (SSSR count). The number of amides is 1. The van der Waals surface area contributed by atoms with E-state index in [0.29, 0.717) is 23.6 Å². The Morgan fingerprint density at radius 2 is 2.14 bits per heavy atom. The minimum absolute atomic E-state index is 0.324. The largest absolute Gasteiger partial charge is 0.448 e. The van der Waals surface area contributed by atoms with Crippen LogP contribution in [-0.2, 0) is 15.1 Å². The summed E-state index contributed by atoms with van der Waals surface area (Å²) in [5, 5.41) is 2.57. The molecule has 1 heterocycles. The molecule has 1 amide bonds. The van der Waals surface area contributed by atoms with E-state index < -0.39 is 5.54 Å². The van der Waals surface area contributed by atoms with Gasteiger partial charge in [-0.05, 0) is 44.4 Å². The number of benzene rings is 1. The third-order valence-corrected chi connectivity index (χ3v) is 4.37. The number of anilines is 1. The predicted molar refractivity (Wildman–Crippen MR) is 83.1 cm³/mol. The van der Waals surface area contributed by atoms with E-state index in [1.54, 1.807) is 19.1 Å². The summed E-state index contributed by atoms with van der Waals surface area (Å²) < 4.78 is 20.2. The molecule has 1 aliphatic heterocycles. The molecule has 0 saturated heterocycles. The fourth-order valence-corrected chi connectivity index (χ4v) is 3.37. The van der Waals surface area contributed by atoms with Crippen molar-refractivity contribution in [1.29, 1.82) is 0 Å². The van der Waals surface area contributed by atoms with Crippen LogP contribution in [0.3, 0.4) is 0 Å². The molecule has 0 bridgehead atoms. The molecule has 2 aliphatic rings. The smallest absolute Gasteiger partial charge is 0.211 e. The highest BCUT2D eigenvalue weighted by Crippen LogP contribution is 2.45. The lowest BCUT2D eigenvalue weighted by atomic mass is 9.77. The van der Waals surface area contributed by atoms with Crippen molar-refractivity contribution in [1.82, 2.24) is 0 Å². The van der Waals surface area contributed by atoms with Crippen LogP contribution in [0.2, 0.25) is 0 Å². The number of carbonyl (C=O) groups is 1. The van der Waals surface area contributed by atoms with Crippen molar-refractivity contribution < 1.29 is 13.9 Å². The molecule has 1 unspecified atom stereocenters. The lowest BCUT2D eigenvalue weighted by molar-refractivity contribution is -0.105. The maximum absolute atomic E-state index is 14.5. The van der Waals surface area contributed by atoms with E-state index in [1.165, 1.54) is 6.07 Å². The quantitative estimate of drug-likeness (QED) is 0.861. The number of hydrogen-bond donors (Lipinski definition) is 1. The third kappa shape index (κ3) is 2.40. The van der Waals surface area contributed by atoms with Gasteiger partial charge in [0.1, 0.15) is 17.1 Å². The normalized spacial score (nSPS) is 24.2. The first-order chi connectivity index (χ1) is 10.5. The van der Waals surface area contributed by atoms with Crippen LogP contribution in [0.5, 0.6) is 0 Å². The zero-order chi connectivity index (χ0) is 15.7. The third-order valence-electron chi connectivity index (χ3n) is 4.37. The molecule has 5 heteroatoms. The molecule has 1 N–H and O–H groups in total. The second kappa shape index (κ2) is 5.55. The van der Waals surface area contributed by atoms with Crippen LogP contribution in [0.1, 0.15) is 45.1 Å². The van der Waals surface area contributed by atoms with Gasteiger partial charge >= 0.3 is 0 Å². The van der Waals surface area contributed by atoms with Gasteiger partial charge in [-0.1, -0.05) is 0 Å². The zero-order valence-corrected chi connectivity index (χ0v) is 12.8. The van der Waals surface area contributed by atoms with Crippen LogP contribution in [0, 0.1) is 5.82 Å². The predicted octanol–water partition coefficient (Wildman–Crippen LogP) is 3.89. The highest BCUT2D eigenvalue weighted by Gasteiger charge is 2.40. The topological polar surface area (TPSA) is 50.7 Å². The molecule has 1 aromatic rings. The van der Waals surface area contributed by atoms with Crippen LogP contribution in [0.25, 0.3) is 0 Å². The van der Waals surface area contributed by atoms with Gasteiger partial charge in [0, 0.05) is 30.2 Å². The van der Waals surface area contributed by atoms with Gasteiger partial charge in [-0.15, -0.1) is 0 Å². The van der Waals surface area contributed by atoms with Crippen LogP contribution < -0.4 is 5.32 Å². The average Bonchev–Trinajstić information content (AvgIpc) is 2.49. The summed E-state index contributed by atoms with van der Waals surface area (Å²) in [6, 6.07) is 4.57. The summed E-state index contributed by atoms with van der Waals surface area (Å²) in [4.78, 5) is 15.3. The highest BCUT2D eigenvalue weighted by molar-refractivity contribution is 5.77. The summed E-state index contributed by atoms with van der Waals surface area (Å²) in [5.74, 6) is 1.15. The van der Waals surface area contributed by atoms with Crippen molar-refractivity contribution in [3.05, 3.63) is 40.9 Å². The van der Waals surface area contributed by atoms with Crippen molar-refractivity contribution in [2.24, 2.45) is 4.99 Å². The van der Waals surface area contributed by atoms with Crippen LogP contribution in [0.4, 0.5) is 10.1 Å². The van der Waals surface area contributed by atoms with Crippen LogP contribution in [0.15, 0.2) is 34.5 Å². The Hall–Kier alpha value is -2.17. The minimum Gasteiger partial charge on any atom is -0.448 e. The van der Waals surface area contributed by atoms with Gasteiger partial charge in [0.25, 0.3) is 0 Å². The van der Waals surface area contributed by atoms with Crippen molar-refractivity contribution in [3.63, 3.8) is 0 Å². The molecule has 4 nitrogen and oxygen atoms in total. The number of hydrogen-bond acceptors (Lipinski definition) is 3. The van der Waals surface area contributed by atoms with Crippen molar-refractivity contribution >= 4 is 18.0 Å². The fourth-order valence-electron chi connectivity index (χ4n) is 3.37. The lowest BCUT2D eigenvalue weighted by Gasteiger charge is -2.37. The summed E-state index contributed by atoms with van der Waals surface area (Å²) >= 11 is 0. The van der Waals surface area contributed by atoms with Crippen molar-refractivity contribution in [2.45, 2.75) is 45.1 Å². The standard InChI is InChI=1S/C17H19FN2O2/c1-11-20-17(2,13-5-3-4-6-16(13)22-11)14-9-12(19-10-21)7-8-15(14)18/h7-10H,3-6H2,1-2H3,(H,19,21). The Morgan fingerprint density at radius 1 is 1.36 bits per heavy atom. The monoisotopic (exact) mass is 302 g/mol. The fraction of sp³-hybridized carbons (Fsp3) is 0.412. The lowest BCUT2D eigenvalue weighted by Crippen LogP contribution is -2.32. The molecule has 0 spiro atoms. The number of carbonyl (C=O) groups excluding carboxylic acids is 1. The van der Waals surface area contributed by atoms with Crippen LogP contribution >= 0.6 is 0 Å². The number of halogens is 1. The molecule has 0 fully saturated rings. The molecule has 1 aromatic carbocycles. The highest BCUT2D eigenvalue weighted by atomic mass is 19.1. The number of aliphatic imine (C=N–C) groups is 1. The molecule has 22 heavy (non-hydrogen) atoms. The van der Waals surface area contributed by atoms with Gasteiger partial charge in [0.15, 0.2) is 5.90 Å². The number of nitrogens with zero attached hydrogens (tertiary/aromatic N) is 1. The van der Waals surface area contributed by atoms with E-state index in [-0.39, 0.29) is 5.82 Å². The van der Waals surface area contributed by atoms with E-state index in [9.17, 15) is 9.18 Å². The minimum atomic E-state index is -0.775. The maximum atomic E-state index is 14.5. The Labute approximate surface area is 129 Å². The Bertz CT molecular complexity index is 681. The second-order valence-corrected chi connectivity index (χ2v) is 5.87. The summed E-state index contributed by atoms with van der Waals surface area (Å²) in [7, 11) is 0. The Kier molecular flexibility index (Phi) is 3.72. The first-order valence-corrected chi connectivity index (χ1v) is 7.51. The second-order valence-electron chi connectivity index (χ2n) is 5.87. The first-order valence-electron chi connectivity index (χ1n) is 7.51. The van der Waals surface area contributed by atoms with E-state index in [0.717, 1.165) is 37.0 Å². The molecule has 1 atom stereocenters. The van der Waals surface area contributed by atoms with E-state index in [4.69, 9.17) is 4.74 Å². The first kappa shape index (κ1) is 14.8. The van der Waals surface area contributed by atoms with E-state index in [2.05, 4.69) is 10.3 Å². The van der Waals surface area contributed by atoms with Crippen molar-refractivity contribution in [3.8, 4) is 0 Å². The number of allylic oxidation sites excluding steroid dienone is 1. The average molecular weight is 302 g/mol. The maximum Gasteiger partial charge on any atom is 0.211 e. The van der Waals surface area contributed by atoms with Gasteiger partial charge in [-0.3, -0.25) is 4.79 Å². The van der Waals surface area contributed by atoms with Crippen molar-refractivity contribution in [2.75, 3.05) is 5.32 Å². The summed E-state index contributed by atoms with van der Waals surface area (Å²) in [6.07, 6.45) is 4.44. The molecule has 1 aliphatic carbocycles. The van der Waals surface area contributed by atoms with Gasteiger partial charge in [-0.2, -0.15) is 0 Å². The number of nitrogens with one attached hydrogen (secondary N) is 1.